The maximum Gasteiger partial charge on any atom is 0.343 e. The van der Waals surface area contributed by atoms with Gasteiger partial charge in [-0.3, -0.25) is 9.59 Å². The molecule has 2 N–H and O–H groups in total. The minimum atomic E-state index is -0.890. The fourth-order valence-electron chi connectivity index (χ4n) is 2.40. The molecule has 0 aliphatic carbocycles. The van der Waals surface area contributed by atoms with Crippen LogP contribution in [-0.4, -0.2) is 24.0 Å². The minimum Gasteiger partial charge on any atom is -0.423 e. The summed E-state index contributed by atoms with van der Waals surface area (Å²) < 4.78 is 5.32. The highest BCUT2D eigenvalue weighted by Crippen LogP contribution is 2.14. The van der Waals surface area contributed by atoms with Gasteiger partial charge in [0.15, 0.2) is 0 Å². The van der Waals surface area contributed by atoms with Crippen LogP contribution in [0.15, 0.2) is 84.0 Å². The molecule has 0 aromatic heterocycles. The number of rotatable bonds is 5. The Bertz CT molecular complexity index is 1060. The summed E-state index contributed by atoms with van der Waals surface area (Å²) in [6, 6.07) is 22.3. The second kappa shape index (κ2) is 9.79. The Balaban J connectivity index is 1.50. The standard InChI is InChI=1S/C23H19N3O4/c1-16-7-11-18(12-8-16)23(29)30-20-13-9-17(10-14-20)15-24-26-22(28)21(27)25-19-5-3-2-4-6-19/h2-15H,1H3,(H,25,27)(H,26,28)/b24-15-. The number of carbonyl (C=O) groups is 3. The second-order valence-corrected chi connectivity index (χ2v) is 6.34. The van der Waals surface area contributed by atoms with Crippen LogP contribution in [0.5, 0.6) is 5.75 Å². The van der Waals surface area contributed by atoms with Gasteiger partial charge in [-0.15, -0.1) is 0 Å². The van der Waals surface area contributed by atoms with Crippen LogP contribution < -0.4 is 15.5 Å². The molecule has 2 amide bonds. The Morgan fingerprint density at radius 1 is 0.833 bits per heavy atom. The quantitative estimate of drug-likeness (QED) is 0.225. The van der Waals surface area contributed by atoms with Gasteiger partial charge < -0.3 is 10.1 Å². The molecule has 0 fully saturated rings. The van der Waals surface area contributed by atoms with Crippen LogP contribution in [0, 0.1) is 6.92 Å². The van der Waals surface area contributed by atoms with Crippen molar-refractivity contribution in [3.63, 3.8) is 0 Å². The third-order valence-electron chi connectivity index (χ3n) is 4.00. The zero-order valence-corrected chi connectivity index (χ0v) is 16.2. The van der Waals surface area contributed by atoms with E-state index in [0.717, 1.165) is 5.56 Å². The molecule has 30 heavy (non-hydrogen) atoms. The number of aryl methyl sites for hydroxylation is 1. The zero-order valence-electron chi connectivity index (χ0n) is 16.2. The lowest BCUT2D eigenvalue weighted by molar-refractivity contribution is -0.136. The molecule has 7 heteroatoms. The number of hydrazone groups is 1. The Hall–Kier alpha value is -4.26. The van der Waals surface area contributed by atoms with Crippen LogP contribution in [0.3, 0.4) is 0 Å². The van der Waals surface area contributed by atoms with Crippen molar-refractivity contribution >= 4 is 29.7 Å². The van der Waals surface area contributed by atoms with Gasteiger partial charge in [0.1, 0.15) is 5.75 Å². The van der Waals surface area contributed by atoms with Gasteiger partial charge in [0, 0.05) is 5.69 Å². The molecule has 0 saturated heterocycles. The molecule has 3 rings (SSSR count). The molecule has 0 radical (unpaired) electrons. The number of amides is 2. The molecule has 0 heterocycles. The van der Waals surface area contributed by atoms with Crippen LogP contribution in [0.1, 0.15) is 21.5 Å². The Labute approximate surface area is 173 Å². The normalized spacial score (nSPS) is 10.4. The van der Waals surface area contributed by atoms with Crippen molar-refractivity contribution in [2.24, 2.45) is 5.10 Å². The van der Waals surface area contributed by atoms with Crippen molar-refractivity contribution in [3.8, 4) is 5.75 Å². The molecule has 0 aliphatic rings. The summed E-state index contributed by atoms with van der Waals surface area (Å²) in [6.45, 7) is 1.94. The summed E-state index contributed by atoms with van der Waals surface area (Å²) in [4.78, 5) is 35.7. The molecule has 3 aromatic rings. The van der Waals surface area contributed by atoms with Crippen molar-refractivity contribution in [1.82, 2.24) is 5.43 Å². The van der Waals surface area contributed by atoms with Crippen LogP contribution in [-0.2, 0) is 9.59 Å². The summed E-state index contributed by atoms with van der Waals surface area (Å²) in [5.41, 5.74) is 4.83. The van der Waals surface area contributed by atoms with Crippen LogP contribution in [0.2, 0.25) is 0 Å². The van der Waals surface area contributed by atoms with E-state index >= 15 is 0 Å². The van der Waals surface area contributed by atoms with Crippen molar-refractivity contribution in [2.75, 3.05) is 5.32 Å². The van der Waals surface area contributed by atoms with Crippen molar-refractivity contribution in [2.45, 2.75) is 6.92 Å². The maximum absolute atomic E-state index is 12.1. The molecule has 0 saturated carbocycles. The fourth-order valence-corrected chi connectivity index (χ4v) is 2.40. The number of hydrogen-bond donors (Lipinski definition) is 2. The Morgan fingerprint density at radius 3 is 2.17 bits per heavy atom. The fraction of sp³-hybridized carbons (Fsp3) is 0.0435. The van der Waals surface area contributed by atoms with Gasteiger partial charge >= 0.3 is 17.8 Å². The van der Waals surface area contributed by atoms with E-state index in [1.807, 2.05) is 19.1 Å². The predicted octanol–water partition coefficient (Wildman–Crippen LogP) is 3.30. The van der Waals surface area contributed by atoms with E-state index < -0.39 is 17.8 Å². The lowest BCUT2D eigenvalue weighted by Gasteiger charge is -2.05. The highest BCUT2D eigenvalue weighted by atomic mass is 16.5. The molecule has 7 nitrogen and oxygen atoms in total. The molecule has 0 bridgehead atoms. The van der Waals surface area contributed by atoms with Gasteiger partial charge in [-0.1, -0.05) is 35.9 Å². The van der Waals surface area contributed by atoms with E-state index in [1.165, 1.54) is 6.21 Å². The SMILES string of the molecule is Cc1ccc(C(=O)Oc2ccc(/C=N\NC(=O)C(=O)Nc3ccccc3)cc2)cc1. The van der Waals surface area contributed by atoms with Gasteiger partial charge in [0.05, 0.1) is 11.8 Å². The molecular formula is C23H19N3O4. The van der Waals surface area contributed by atoms with Gasteiger partial charge in [-0.2, -0.15) is 5.10 Å². The Kier molecular flexibility index (Phi) is 6.68. The number of hydrogen-bond acceptors (Lipinski definition) is 5. The van der Waals surface area contributed by atoms with Gasteiger partial charge in [0.25, 0.3) is 0 Å². The Morgan fingerprint density at radius 2 is 1.50 bits per heavy atom. The number of para-hydroxylation sites is 1. The summed E-state index contributed by atoms with van der Waals surface area (Å²) in [6.07, 6.45) is 1.37. The first-order valence-corrected chi connectivity index (χ1v) is 9.09. The number of ether oxygens (including phenoxy) is 1. The van der Waals surface area contributed by atoms with Crippen LogP contribution in [0.4, 0.5) is 5.69 Å². The number of nitrogens with zero attached hydrogens (tertiary/aromatic N) is 1. The number of anilines is 1. The van der Waals surface area contributed by atoms with E-state index in [9.17, 15) is 14.4 Å². The lowest BCUT2D eigenvalue weighted by atomic mass is 10.1. The molecule has 0 spiro atoms. The highest BCUT2D eigenvalue weighted by molar-refractivity contribution is 6.39. The first-order chi connectivity index (χ1) is 14.5. The summed E-state index contributed by atoms with van der Waals surface area (Å²) >= 11 is 0. The second-order valence-electron chi connectivity index (χ2n) is 6.34. The zero-order chi connectivity index (χ0) is 21.3. The smallest absolute Gasteiger partial charge is 0.343 e. The number of carbonyl (C=O) groups excluding carboxylic acids is 3. The number of benzene rings is 3. The average molecular weight is 401 g/mol. The molecule has 0 unspecified atom stereocenters. The number of esters is 1. The van der Waals surface area contributed by atoms with E-state index in [0.29, 0.717) is 22.6 Å². The first kappa shape index (κ1) is 20.5. The lowest BCUT2D eigenvalue weighted by Crippen LogP contribution is -2.32. The van der Waals surface area contributed by atoms with Crippen molar-refractivity contribution in [3.05, 3.63) is 95.6 Å². The van der Waals surface area contributed by atoms with E-state index in [1.54, 1.807) is 66.7 Å². The maximum atomic E-state index is 12.1. The summed E-state index contributed by atoms with van der Waals surface area (Å²) in [7, 11) is 0. The predicted molar refractivity (Wildman–Crippen MR) is 113 cm³/mol. The van der Waals surface area contributed by atoms with Crippen LogP contribution >= 0.6 is 0 Å². The summed E-state index contributed by atoms with van der Waals surface area (Å²) in [5.74, 6) is -1.78. The highest BCUT2D eigenvalue weighted by Gasteiger charge is 2.12. The third kappa shape index (κ3) is 5.87. The molecular weight excluding hydrogens is 382 g/mol. The molecule has 150 valence electrons. The van der Waals surface area contributed by atoms with Gasteiger partial charge in [-0.05, 0) is 61.0 Å². The van der Waals surface area contributed by atoms with Crippen LogP contribution in [0.25, 0.3) is 0 Å². The monoisotopic (exact) mass is 401 g/mol. The minimum absolute atomic E-state index is 0.379. The topological polar surface area (TPSA) is 96.9 Å². The van der Waals surface area contributed by atoms with E-state index in [2.05, 4.69) is 15.8 Å². The third-order valence-corrected chi connectivity index (χ3v) is 4.00. The molecule has 0 atom stereocenters. The van der Waals surface area contributed by atoms with Crippen molar-refractivity contribution in [1.29, 1.82) is 0 Å². The van der Waals surface area contributed by atoms with E-state index in [4.69, 9.17) is 4.74 Å². The molecule has 0 aliphatic heterocycles. The van der Waals surface area contributed by atoms with E-state index in [-0.39, 0.29) is 0 Å². The van der Waals surface area contributed by atoms with Crippen molar-refractivity contribution < 1.29 is 19.1 Å². The van der Waals surface area contributed by atoms with Gasteiger partial charge in [0.2, 0.25) is 0 Å². The molecule has 3 aromatic carbocycles. The largest absolute Gasteiger partial charge is 0.423 e. The first-order valence-electron chi connectivity index (χ1n) is 9.09. The summed E-state index contributed by atoms with van der Waals surface area (Å²) in [5, 5.41) is 6.22. The van der Waals surface area contributed by atoms with Gasteiger partial charge in [-0.25, -0.2) is 10.2 Å². The number of nitrogens with one attached hydrogen (secondary N) is 2. The average Bonchev–Trinajstić information content (AvgIpc) is 2.76.